The van der Waals surface area contributed by atoms with Gasteiger partial charge in [0, 0.05) is 11.3 Å². The molecule has 2 rings (SSSR count). The number of hydrogen-bond donors (Lipinski definition) is 1. The maximum atomic E-state index is 12.1. The molecule has 0 spiro atoms. The first-order valence-corrected chi connectivity index (χ1v) is 6.57. The van der Waals surface area contributed by atoms with Crippen molar-refractivity contribution in [1.82, 2.24) is 0 Å². The number of aryl methyl sites for hydroxylation is 1. The van der Waals surface area contributed by atoms with Crippen LogP contribution in [-0.2, 0) is 0 Å². The third kappa shape index (κ3) is 3.09. The highest BCUT2D eigenvalue weighted by molar-refractivity contribution is 6.42. The van der Waals surface area contributed by atoms with E-state index in [1.165, 1.54) is 0 Å². The zero-order chi connectivity index (χ0) is 14.0. The number of anilines is 1. The second kappa shape index (κ2) is 5.64. The lowest BCUT2D eigenvalue weighted by atomic mass is 10.1. The largest absolute Gasteiger partial charge is 0.322 e. The van der Waals surface area contributed by atoms with E-state index in [4.69, 9.17) is 23.2 Å². The summed E-state index contributed by atoms with van der Waals surface area (Å²) in [6.45, 7) is 3.98. The van der Waals surface area contributed by atoms with Gasteiger partial charge in [-0.3, -0.25) is 4.79 Å². The van der Waals surface area contributed by atoms with Gasteiger partial charge in [-0.05, 0) is 49.2 Å². The quantitative estimate of drug-likeness (QED) is 0.841. The number of benzene rings is 2. The Morgan fingerprint density at radius 1 is 1.05 bits per heavy atom. The van der Waals surface area contributed by atoms with Crippen LogP contribution in [0.25, 0.3) is 0 Å². The summed E-state index contributed by atoms with van der Waals surface area (Å²) in [5.41, 5.74) is 3.47. The molecule has 0 bridgehead atoms. The molecule has 0 aliphatic rings. The molecule has 2 aromatic carbocycles. The van der Waals surface area contributed by atoms with Crippen LogP contribution in [0.2, 0.25) is 10.0 Å². The summed E-state index contributed by atoms with van der Waals surface area (Å²) in [4.78, 5) is 12.1. The average molecular weight is 294 g/mol. The van der Waals surface area contributed by atoms with Gasteiger partial charge in [0.15, 0.2) is 0 Å². The topological polar surface area (TPSA) is 29.1 Å². The van der Waals surface area contributed by atoms with Gasteiger partial charge in [0.05, 0.1) is 10.0 Å². The summed E-state index contributed by atoms with van der Waals surface area (Å²) in [5, 5.41) is 3.68. The van der Waals surface area contributed by atoms with Gasteiger partial charge >= 0.3 is 0 Å². The minimum atomic E-state index is -0.202. The predicted octanol–water partition coefficient (Wildman–Crippen LogP) is 4.86. The molecule has 2 nitrogen and oxygen atoms in total. The zero-order valence-electron chi connectivity index (χ0n) is 10.6. The van der Waals surface area contributed by atoms with E-state index in [0.717, 1.165) is 16.8 Å². The first kappa shape index (κ1) is 13.9. The molecule has 0 saturated carbocycles. The van der Waals surface area contributed by atoms with Crippen molar-refractivity contribution in [3.05, 3.63) is 63.1 Å². The summed E-state index contributed by atoms with van der Waals surface area (Å²) in [6, 6.07) is 10.6. The molecule has 98 valence electrons. The number of halogens is 2. The van der Waals surface area contributed by atoms with Crippen molar-refractivity contribution in [2.45, 2.75) is 13.8 Å². The molecular weight excluding hydrogens is 281 g/mol. The fourth-order valence-corrected chi connectivity index (χ4v) is 2.02. The van der Waals surface area contributed by atoms with Crippen LogP contribution < -0.4 is 5.32 Å². The van der Waals surface area contributed by atoms with Gasteiger partial charge in [-0.15, -0.1) is 0 Å². The normalized spacial score (nSPS) is 10.3. The minimum absolute atomic E-state index is 0.202. The predicted molar refractivity (Wildman–Crippen MR) is 80.3 cm³/mol. The number of amides is 1. The summed E-state index contributed by atoms with van der Waals surface area (Å²) in [7, 11) is 0. The van der Waals surface area contributed by atoms with E-state index in [9.17, 15) is 4.79 Å². The molecule has 0 heterocycles. The number of carbonyl (C=O) groups is 1. The smallest absolute Gasteiger partial charge is 0.255 e. The minimum Gasteiger partial charge on any atom is -0.322 e. The number of hydrogen-bond acceptors (Lipinski definition) is 1. The summed E-state index contributed by atoms with van der Waals surface area (Å²) in [6.07, 6.45) is 0. The lowest BCUT2D eigenvalue weighted by Gasteiger charge is -2.10. The van der Waals surface area contributed by atoms with Crippen LogP contribution in [0.1, 0.15) is 21.5 Å². The van der Waals surface area contributed by atoms with Crippen LogP contribution in [0, 0.1) is 13.8 Å². The zero-order valence-corrected chi connectivity index (χ0v) is 12.1. The summed E-state index contributed by atoms with van der Waals surface area (Å²) in [5.74, 6) is -0.202. The molecule has 1 N–H and O–H groups in total. The summed E-state index contributed by atoms with van der Waals surface area (Å²) < 4.78 is 0. The highest BCUT2D eigenvalue weighted by Crippen LogP contribution is 2.24. The van der Waals surface area contributed by atoms with Gasteiger partial charge in [-0.1, -0.05) is 35.3 Å². The Hall–Kier alpha value is -1.51. The van der Waals surface area contributed by atoms with Gasteiger partial charge in [0.1, 0.15) is 0 Å². The third-order valence-corrected chi connectivity index (χ3v) is 3.77. The first-order valence-electron chi connectivity index (χ1n) is 5.81. The van der Waals surface area contributed by atoms with Crippen molar-refractivity contribution in [2.75, 3.05) is 5.32 Å². The molecule has 19 heavy (non-hydrogen) atoms. The Kier molecular flexibility index (Phi) is 4.13. The second-order valence-electron chi connectivity index (χ2n) is 4.33. The van der Waals surface area contributed by atoms with Gasteiger partial charge in [0.25, 0.3) is 5.91 Å². The molecule has 1 amide bonds. The lowest BCUT2D eigenvalue weighted by molar-refractivity contribution is 0.102. The molecule has 0 aliphatic heterocycles. The van der Waals surface area contributed by atoms with E-state index in [-0.39, 0.29) is 5.91 Å². The van der Waals surface area contributed by atoms with E-state index >= 15 is 0 Å². The number of carbonyl (C=O) groups excluding carboxylic acids is 1. The molecule has 0 atom stereocenters. The van der Waals surface area contributed by atoms with Crippen molar-refractivity contribution in [2.24, 2.45) is 0 Å². The molecule has 0 radical (unpaired) electrons. The van der Waals surface area contributed by atoms with E-state index in [1.807, 2.05) is 32.0 Å². The van der Waals surface area contributed by atoms with Crippen LogP contribution in [0.5, 0.6) is 0 Å². The Bertz CT molecular complexity index is 638. The monoisotopic (exact) mass is 293 g/mol. The maximum Gasteiger partial charge on any atom is 0.255 e. The van der Waals surface area contributed by atoms with E-state index in [0.29, 0.717) is 15.6 Å². The van der Waals surface area contributed by atoms with E-state index in [2.05, 4.69) is 5.32 Å². The van der Waals surface area contributed by atoms with Gasteiger partial charge in [-0.25, -0.2) is 0 Å². The molecule has 0 aliphatic carbocycles. The highest BCUT2D eigenvalue weighted by Gasteiger charge is 2.10. The van der Waals surface area contributed by atoms with E-state index in [1.54, 1.807) is 18.2 Å². The lowest BCUT2D eigenvalue weighted by Crippen LogP contribution is -2.13. The van der Waals surface area contributed by atoms with Crippen LogP contribution in [0.4, 0.5) is 5.69 Å². The van der Waals surface area contributed by atoms with Crippen molar-refractivity contribution < 1.29 is 4.79 Å². The molecule has 4 heteroatoms. The Balaban J connectivity index is 2.26. The van der Waals surface area contributed by atoms with Crippen molar-refractivity contribution in [1.29, 1.82) is 0 Å². The fraction of sp³-hybridized carbons (Fsp3) is 0.133. The van der Waals surface area contributed by atoms with Crippen LogP contribution in [0.15, 0.2) is 36.4 Å². The van der Waals surface area contributed by atoms with Crippen LogP contribution in [-0.4, -0.2) is 5.91 Å². The molecule has 0 aromatic heterocycles. The molecule has 0 unspecified atom stereocenters. The highest BCUT2D eigenvalue weighted by atomic mass is 35.5. The SMILES string of the molecule is Cc1cccc(NC(=O)c2ccc(Cl)c(Cl)c2)c1C. The van der Waals surface area contributed by atoms with E-state index < -0.39 is 0 Å². The number of nitrogens with one attached hydrogen (secondary N) is 1. The standard InChI is InChI=1S/C15H13Cl2NO/c1-9-4-3-5-14(10(9)2)18-15(19)11-6-7-12(16)13(17)8-11/h3-8H,1-2H3,(H,18,19). The molecule has 0 saturated heterocycles. The molecular formula is C15H13Cl2NO. The van der Waals surface area contributed by atoms with Crippen LogP contribution in [0.3, 0.4) is 0 Å². The van der Waals surface area contributed by atoms with Crippen molar-refractivity contribution in [3.63, 3.8) is 0 Å². The van der Waals surface area contributed by atoms with Crippen molar-refractivity contribution in [3.8, 4) is 0 Å². The van der Waals surface area contributed by atoms with Gasteiger partial charge in [0.2, 0.25) is 0 Å². The fourth-order valence-electron chi connectivity index (χ4n) is 1.72. The Labute approximate surface area is 122 Å². The third-order valence-electron chi connectivity index (χ3n) is 3.03. The second-order valence-corrected chi connectivity index (χ2v) is 5.14. The van der Waals surface area contributed by atoms with Gasteiger partial charge < -0.3 is 5.32 Å². The molecule has 2 aromatic rings. The first-order chi connectivity index (χ1) is 8.99. The number of rotatable bonds is 2. The molecule has 0 fully saturated rings. The van der Waals surface area contributed by atoms with Crippen LogP contribution >= 0.6 is 23.2 Å². The van der Waals surface area contributed by atoms with Crippen molar-refractivity contribution >= 4 is 34.8 Å². The average Bonchev–Trinajstić information content (AvgIpc) is 2.38. The van der Waals surface area contributed by atoms with Gasteiger partial charge in [-0.2, -0.15) is 0 Å². The maximum absolute atomic E-state index is 12.1. The summed E-state index contributed by atoms with van der Waals surface area (Å²) >= 11 is 11.7. The Morgan fingerprint density at radius 3 is 2.47 bits per heavy atom. The Morgan fingerprint density at radius 2 is 1.79 bits per heavy atom.